The maximum absolute atomic E-state index is 12.3. The van der Waals surface area contributed by atoms with Crippen LogP contribution in [0.4, 0.5) is 18.9 Å². The van der Waals surface area contributed by atoms with Crippen LogP contribution in [0.15, 0.2) is 46.0 Å². The number of rotatable bonds is 2. The second-order valence-corrected chi connectivity index (χ2v) is 3.96. The summed E-state index contributed by atoms with van der Waals surface area (Å²) in [6.45, 7) is 0. The lowest BCUT2D eigenvalue weighted by molar-refractivity contribution is -0.137. The molecular formula is C12H9F3N2O2. The number of halogens is 3. The number of aliphatic hydroxyl groups excluding tert-OH is 1. The number of carbonyl (C=O) groups excluding carboxylic acids is 1. The number of nitrogens with zero attached hydrogens (tertiary/aromatic N) is 2. The van der Waals surface area contributed by atoms with Gasteiger partial charge in [-0.05, 0) is 24.3 Å². The molecule has 19 heavy (non-hydrogen) atoms. The van der Waals surface area contributed by atoms with Crippen LogP contribution in [0.2, 0.25) is 0 Å². The van der Waals surface area contributed by atoms with Crippen molar-refractivity contribution in [2.75, 3.05) is 0 Å². The maximum atomic E-state index is 12.3. The lowest BCUT2D eigenvalue weighted by Gasteiger charge is -2.05. The Morgan fingerprint density at radius 1 is 1.05 bits per heavy atom. The van der Waals surface area contributed by atoms with Gasteiger partial charge < -0.3 is 5.11 Å². The van der Waals surface area contributed by atoms with Gasteiger partial charge in [-0.15, -0.1) is 5.11 Å². The van der Waals surface area contributed by atoms with E-state index in [0.717, 1.165) is 24.3 Å². The second-order valence-electron chi connectivity index (χ2n) is 3.96. The Kier molecular flexibility index (Phi) is 3.37. The number of alkyl halides is 3. The molecule has 0 aliphatic heterocycles. The third-order valence-corrected chi connectivity index (χ3v) is 2.59. The molecule has 0 unspecified atom stereocenters. The number of benzene rings is 1. The van der Waals surface area contributed by atoms with E-state index in [4.69, 9.17) is 0 Å². The first kappa shape index (κ1) is 13.3. The summed E-state index contributed by atoms with van der Waals surface area (Å²) in [5.41, 5.74) is -0.738. The minimum Gasteiger partial charge on any atom is -0.510 e. The fourth-order valence-corrected chi connectivity index (χ4v) is 1.57. The smallest absolute Gasteiger partial charge is 0.416 e. The molecule has 0 saturated heterocycles. The van der Waals surface area contributed by atoms with Crippen LogP contribution in [0.5, 0.6) is 0 Å². The van der Waals surface area contributed by atoms with Crippen molar-refractivity contribution in [3.05, 3.63) is 41.3 Å². The van der Waals surface area contributed by atoms with E-state index in [9.17, 15) is 23.1 Å². The first-order valence-corrected chi connectivity index (χ1v) is 5.42. The van der Waals surface area contributed by atoms with Crippen LogP contribution in [0.25, 0.3) is 0 Å². The van der Waals surface area contributed by atoms with E-state index < -0.39 is 11.7 Å². The molecule has 0 aromatic heterocycles. The summed E-state index contributed by atoms with van der Waals surface area (Å²) in [4.78, 5) is 11.3. The molecule has 0 fully saturated rings. The van der Waals surface area contributed by atoms with Gasteiger partial charge in [-0.3, -0.25) is 4.79 Å². The molecule has 1 aromatic rings. The van der Waals surface area contributed by atoms with Gasteiger partial charge in [0.15, 0.2) is 11.5 Å². The Morgan fingerprint density at radius 3 is 2.16 bits per heavy atom. The van der Waals surface area contributed by atoms with Crippen molar-refractivity contribution >= 4 is 11.5 Å². The largest absolute Gasteiger partial charge is 0.510 e. The fraction of sp³-hybridized carbons (Fsp3) is 0.250. The number of azo groups is 1. The SMILES string of the molecule is O=C1CCC(O)=C1N=Nc1ccc(C(F)(F)F)cc1. The van der Waals surface area contributed by atoms with E-state index in [1.165, 1.54) is 0 Å². The van der Waals surface area contributed by atoms with Crippen LogP contribution in [-0.2, 0) is 11.0 Å². The normalized spacial score (nSPS) is 16.7. The van der Waals surface area contributed by atoms with E-state index in [1.54, 1.807) is 0 Å². The van der Waals surface area contributed by atoms with Crippen molar-refractivity contribution in [3.8, 4) is 0 Å². The van der Waals surface area contributed by atoms with E-state index in [1.807, 2.05) is 0 Å². The summed E-state index contributed by atoms with van der Waals surface area (Å²) in [5, 5.41) is 16.5. The highest BCUT2D eigenvalue weighted by molar-refractivity contribution is 5.97. The van der Waals surface area contributed by atoms with Crippen LogP contribution in [0, 0.1) is 0 Å². The molecule has 1 N–H and O–H groups in total. The molecule has 0 bridgehead atoms. The molecule has 4 nitrogen and oxygen atoms in total. The molecule has 100 valence electrons. The highest BCUT2D eigenvalue weighted by atomic mass is 19.4. The van der Waals surface area contributed by atoms with Crippen molar-refractivity contribution in [2.24, 2.45) is 10.2 Å². The first-order chi connectivity index (χ1) is 8.88. The summed E-state index contributed by atoms with van der Waals surface area (Å²) in [6.07, 6.45) is -4.01. The summed E-state index contributed by atoms with van der Waals surface area (Å²) >= 11 is 0. The molecule has 0 heterocycles. The highest BCUT2D eigenvalue weighted by Gasteiger charge is 2.30. The molecule has 1 aliphatic carbocycles. The van der Waals surface area contributed by atoms with Gasteiger partial charge in [-0.1, -0.05) is 0 Å². The zero-order valence-electron chi connectivity index (χ0n) is 9.61. The van der Waals surface area contributed by atoms with Crippen LogP contribution in [0.1, 0.15) is 18.4 Å². The molecule has 0 amide bonds. The number of hydrogen-bond donors (Lipinski definition) is 1. The zero-order valence-corrected chi connectivity index (χ0v) is 9.61. The van der Waals surface area contributed by atoms with Gasteiger partial charge in [-0.25, -0.2) is 0 Å². The Balaban J connectivity index is 2.17. The maximum Gasteiger partial charge on any atom is 0.416 e. The number of hydrogen-bond acceptors (Lipinski definition) is 4. The lowest BCUT2D eigenvalue weighted by atomic mass is 10.2. The molecular weight excluding hydrogens is 261 g/mol. The number of ketones is 1. The van der Waals surface area contributed by atoms with E-state index in [-0.39, 0.29) is 35.8 Å². The van der Waals surface area contributed by atoms with E-state index >= 15 is 0 Å². The summed E-state index contributed by atoms with van der Waals surface area (Å²) < 4.78 is 36.9. The summed E-state index contributed by atoms with van der Waals surface area (Å²) in [7, 11) is 0. The van der Waals surface area contributed by atoms with Crippen molar-refractivity contribution in [2.45, 2.75) is 19.0 Å². The molecule has 0 radical (unpaired) electrons. The monoisotopic (exact) mass is 270 g/mol. The van der Waals surface area contributed by atoms with Crippen LogP contribution in [-0.4, -0.2) is 10.9 Å². The van der Waals surface area contributed by atoms with Crippen molar-refractivity contribution in [1.29, 1.82) is 0 Å². The summed E-state index contributed by atoms with van der Waals surface area (Å²) in [6, 6.07) is 4.03. The molecule has 0 atom stereocenters. The van der Waals surface area contributed by atoms with Crippen molar-refractivity contribution in [3.63, 3.8) is 0 Å². The standard InChI is InChI=1S/C12H9F3N2O2/c13-12(14,15)7-1-3-8(4-2-7)16-17-11-9(18)5-6-10(11)19/h1-4,18H,5-6H2. The van der Waals surface area contributed by atoms with E-state index in [0.29, 0.717) is 0 Å². The molecule has 0 spiro atoms. The predicted molar refractivity (Wildman–Crippen MR) is 59.9 cm³/mol. The Labute approximate surface area is 106 Å². The quantitative estimate of drug-likeness (QED) is 0.828. The Bertz CT molecular complexity index is 559. The number of carbonyl (C=O) groups is 1. The van der Waals surface area contributed by atoms with Crippen LogP contribution in [0.3, 0.4) is 0 Å². The van der Waals surface area contributed by atoms with Gasteiger partial charge >= 0.3 is 6.18 Å². The van der Waals surface area contributed by atoms with Crippen molar-refractivity contribution in [1.82, 2.24) is 0 Å². The van der Waals surface area contributed by atoms with Gasteiger partial charge in [0.25, 0.3) is 0 Å². The van der Waals surface area contributed by atoms with Crippen LogP contribution < -0.4 is 0 Å². The number of allylic oxidation sites excluding steroid dienone is 2. The average Bonchev–Trinajstić information content (AvgIpc) is 2.66. The minimum absolute atomic E-state index is 0.125. The predicted octanol–water partition coefficient (Wildman–Crippen LogP) is 3.92. The van der Waals surface area contributed by atoms with Crippen molar-refractivity contribution < 1.29 is 23.1 Å². The fourth-order valence-electron chi connectivity index (χ4n) is 1.57. The third-order valence-electron chi connectivity index (χ3n) is 2.59. The lowest BCUT2D eigenvalue weighted by Crippen LogP contribution is -2.03. The molecule has 1 aliphatic rings. The van der Waals surface area contributed by atoms with Gasteiger partial charge in [0.1, 0.15) is 5.76 Å². The summed E-state index contributed by atoms with van der Waals surface area (Å²) in [5.74, 6) is -0.464. The number of Topliss-reactive ketones (excluding diaryl/α,β-unsaturated/α-hetero) is 1. The molecule has 1 aromatic carbocycles. The van der Waals surface area contributed by atoms with Gasteiger partial charge in [0.2, 0.25) is 0 Å². The van der Waals surface area contributed by atoms with Gasteiger partial charge in [-0.2, -0.15) is 18.3 Å². The average molecular weight is 270 g/mol. The van der Waals surface area contributed by atoms with E-state index in [2.05, 4.69) is 10.2 Å². The molecule has 2 rings (SSSR count). The highest BCUT2D eigenvalue weighted by Crippen LogP contribution is 2.30. The molecule has 0 saturated carbocycles. The third kappa shape index (κ3) is 2.98. The Hall–Kier alpha value is -2.18. The first-order valence-electron chi connectivity index (χ1n) is 5.42. The number of aliphatic hydroxyl groups is 1. The van der Waals surface area contributed by atoms with Gasteiger partial charge in [0.05, 0.1) is 11.3 Å². The second kappa shape index (κ2) is 4.83. The topological polar surface area (TPSA) is 62.0 Å². The Morgan fingerprint density at radius 2 is 1.68 bits per heavy atom. The minimum atomic E-state index is -4.40. The van der Waals surface area contributed by atoms with Gasteiger partial charge in [0, 0.05) is 12.8 Å². The molecule has 7 heteroatoms. The zero-order chi connectivity index (χ0) is 14.0. The van der Waals surface area contributed by atoms with Crippen LogP contribution >= 0.6 is 0 Å².